The van der Waals surface area contributed by atoms with Crippen LogP contribution >= 0.6 is 0 Å². The molecule has 0 aliphatic rings. The van der Waals surface area contributed by atoms with Crippen molar-refractivity contribution in [3.05, 3.63) is 60.2 Å². The minimum atomic E-state index is 0.339. The van der Waals surface area contributed by atoms with Crippen LogP contribution in [0.5, 0.6) is 11.8 Å². The first-order chi connectivity index (χ1) is 10.9. The van der Waals surface area contributed by atoms with Gasteiger partial charge in [-0.3, -0.25) is 0 Å². The summed E-state index contributed by atoms with van der Waals surface area (Å²) in [7, 11) is 0. The van der Waals surface area contributed by atoms with Crippen LogP contribution in [0.2, 0.25) is 0 Å². The largest absolute Gasteiger partial charge is 0.423 e. The van der Waals surface area contributed by atoms with Crippen molar-refractivity contribution in [2.24, 2.45) is 0 Å². The number of hydrogen-bond acceptors (Lipinski definition) is 5. The fourth-order valence-electron chi connectivity index (χ4n) is 2.02. The molecule has 0 saturated carbocycles. The van der Waals surface area contributed by atoms with Crippen molar-refractivity contribution in [1.29, 1.82) is 0 Å². The zero-order valence-electron chi connectivity index (χ0n) is 12.3. The second kappa shape index (κ2) is 6.82. The van der Waals surface area contributed by atoms with Gasteiger partial charge in [0, 0.05) is 6.54 Å². The summed E-state index contributed by atoms with van der Waals surface area (Å²) in [5, 5.41) is 14.9. The Kier molecular flexibility index (Phi) is 4.41. The summed E-state index contributed by atoms with van der Waals surface area (Å²) in [6.07, 6.45) is 0. The highest BCUT2D eigenvalue weighted by Gasteiger charge is 2.10. The molecule has 2 aromatic carbocycles. The number of nitrogens with zero attached hydrogens (tertiary/aromatic N) is 4. The fourth-order valence-corrected chi connectivity index (χ4v) is 2.02. The summed E-state index contributed by atoms with van der Waals surface area (Å²) in [6.45, 7) is 3.88. The summed E-state index contributed by atoms with van der Waals surface area (Å²) >= 11 is 0. The number of aromatic nitrogens is 4. The van der Waals surface area contributed by atoms with Gasteiger partial charge in [-0.25, -0.2) is 0 Å². The zero-order valence-corrected chi connectivity index (χ0v) is 12.3. The number of rotatable bonds is 6. The Balaban J connectivity index is 1.75. The normalized spacial score (nSPS) is 10.6. The topological polar surface area (TPSA) is 64.9 Å². The van der Waals surface area contributed by atoms with Gasteiger partial charge in [0.2, 0.25) is 0 Å². The third kappa shape index (κ3) is 3.29. The highest BCUT2D eigenvalue weighted by molar-refractivity contribution is 5.34. The van der Waals surface area contributed by atoms with Crippen LogP contribution in [0.1, 0.15) is 12.5 Å². The van der Waals surface area contributed by atoms with E-state index in [1.54, 1.807) is 4.68 Å². The van der Waals surface area contributed by atoms with Gasteiger partial charge in [0.15, 0.2) is 0 Å². The second-order valence-corrected chi connectivity index (χ2v) is 4.74. The Hall–Kier alpha value is -2.73. The molecular formula is C16H17N5O. The van der Waals surface area contributed by atoms with Gasteiger partial charge in [-0.1, -0.05) is 42.4 Å². The molecule has 3 rings (SSSR count). The van der Waals surface area contributed by atoms with Crippen molar-refractivity contribution in [1.82, 2.24) is 25.5 Å². The van der Waals surface area contributed by atoms with Crippen molar-refractivity contribution in [3.8, 4) is 17.4 Å². The van der Waals surface area contributed by atoms with E-state index in [1.807, 2.05) is 54.6 Å². The lowest BCUT2D eigenvalue weighted by molar-refractivity contribution is 0.427. The molecule has 6 heteroatoms. The van der Waals surface area contributed by atoms with Crippen LogP contribution in [-0.2, 0) is 6.54 Å². The minimum Gasteiger partial charge on any atom is -0.423 e. The Labute approximate surface area is 128 Å². The molecule has 1 heterocycles. The highest BCUT2D eigenvalue weighted by Crippen LogP contribution is 2.21. The summed E-state index contributed by atoms with van der Waals surface area (Å²) in [4.78, 5) is 0. The van der Waals surface area contributed by atoms with E-state index in [0.717, 1.165) is 18.8 Å². The van der Waals surface area contributed by atoms with Gasteiger partial charge in [0.05, 0.1) is 5.69 Å². The van der Waals surface area contributed by atoms with Crippen molar-refractivity contribution >= 4 is 0 Å². The van der Waals surface area contributed by atoms with Crippen LogP contribution in [0.25, 0.3) is 5.69 Å². The van der Waals surface area contributed by atoms with Crippen molar-refractivity contribution in [2.75, 3.05) is 6.54 Å². The maximum absolute atomic E-state index is 5.77. The molecule has 0 radical (unpaired) electrons. The summed E-state index contributed by atoms with van der Waals surface area (Å²) in [5.41, 5.74) is 2.06. The highest BCUT2D eigenvalue weighted by atomic mass is 16.5. The molecule has 112 valence electrons. The smallest absolute Gasteiger partial charge is 0.345 e. The number of nitrogens with one attached hydrogen (secondary N) is 1. The van der Waals surface area contributed by atoms with Crippen LogP contribution in [0, 0.1) is 0 Å². The summed E-state index contributed by atoms with van der Waals surface area (Å²) in [5.74, 6) is 0.701. The average molecular weight is 295 g/mol. The first-order valence-electron chi connectivity index (χ1n) is 7.18. The van der Waals surface area contributed by atoms with Gasteiger partial charge in [-0.15, -0.1) is 0 Å². The third-order valence-electron chi connectivity index (χ3n) is 3.15. The molecule has 0 amide bonds. The SMILES string of the molecule is CCNCc1ccc(Oc2nnnn2-c2ccccc2)cc1. The van der Waals surface area contributed by atoms with E-state index in [2.05, 4.69) is 27.8 Å². The molecule has 0 spiro atoms. The molecule has 0 fully saturated rings. The Morgan fingerprint density at radius 3 is 2.55 bits per heavy atom. The van der Waals surface area contributed by atoms with Gasteiger partial charge in [0.1, 0.15) is 5.75 Å². The fraction of sp³-hybridized carbons (Fsp3) is 0.188. The Bertz CT molecular complexity index is 709. The predicted molar refractivity (Wildman–Crippen MR) is 83.1 cm³/mol. The van der Waals surface area contributed by atoms with E-state index in [1.165, 1.54) is 5.56 Å². The first-order valence-corrected chi connectivity index (χ1v) is 7.18. The van der Waals surface area contributed by atoms with E-state index in [0.29, 0.717) is 11.8 Å². The molecule has 6 nitrogen and oxygen atoms in total. The van der Waals surface area contributed by atoms with Gasteiger partial charge in [-0.05, 0) is 46.8 Å². The van der Waals surface area contributed by atoms with Gasteiger partial charge < -0.3 is 10.1 Å². The standard InChI is InChI=1S/C16H17N5O/c1-2-17-12-13-8-10-15(11-9-13)22-16-18-19-20-21(16)14-6-4-3-5-7-14/h3-11,17H,2,12H2,1H3. The van der Waals surface area contributed by atoms with Gasteiger partial charge >= 0.3 is 6.01 Å². The maximum Gasteiger partial charge on any atom is 0.345 e. The van der Waals surface area contributed by atoms with E-state index in [4.69, 9.17) is 4.74 Å². The summed E-state index contributed by atoms with van der Waals surface area (Å²) in [6, 6.07) is 17.8. The van der Waals surface area contributed by atoms with Crippen LogP contribution in [0.3, 0.4) is 0 Å². The minimum absolute atomic E-state index is 0.339. The van der Waals surface area contributed by atoms with Crippen LogP contribution in [-0.4, -0.2) is 26.8 Å². The molecule has 0 aliphatic heterocycles. The van der Waals surface area contributed by atoms with E-state index in [9.17, 15) is 0 Å². The lowest BCUT2D eigenvalue weighted by Gasteiger charge is -2.07. The van der Waals surface area contributed by atoms with Gasteiger partial charge in [0.25, 0.3) is 0 Å². The van der Waals surface area contributed by atoms with Crippen LogP contribution in [0.4, 0.5) is 0 Å². The van der Waals surface area contributed by atoms with E-state index >= 15 is 0 Å². The lowest BCUT2D eigenvalue weighted by Crippen LogP contribution is -2.11. The van der Waals surface area contributed by atoms with Gasteiger partial charge in [-0.2, -0.15) is 4.68 Å². The number of benzene rings is 2. The molecular weight excluding hydrogens is 278 g/mol. The predicted octanol–water partition coefficient (Wildman–Crippen LogP) is 2.56. The lowest BCUT2D eigenvalue weighted by atomic mass is 10.2. The molecule has 0 unspecified atom stereocenters. The van der Waals surface area contributed by atoms with E-state index < -0.39 is 0 Å². The third-order valence-corrected chi connectivity index (χ3v) is 3.15. The second-order valence-electron chi connectivity index (χ2n) is 4.74. The van der Waals surface area contributed by atoms with Crippen molar-refractivity contribution < 1.29 is 4.74 Å². The van der Waals surface area contributed by atoms with Crippen LogP contribution < -0.4 is 10.1 Å². The molecule has 0 bridgehead atoms. The quantitative estimate of drug-likeness (QED) is 0.757. The average Bonchev–Trinajstić information content (AvgIpc) is 3.03. The zero-order chi connectivity index (χ0) is 15.2. The molecule has 1 aromatic heterocycles. The molecule has 0 atom stereocenters. The van der Waals surface area contributed by atoms with Crippen molar-refractivity contribution in [2.45, 2.75) is 13.5 Å². The molecule has 1 N–H and O–H groups in total. The first kappa shape index (κ1) is 14.2. The molecule has 3 aromatic rings. The number of hydrogen-bond donors (Lipinski definition) is 1. The molecule has 0 aliphatic carbocycles. The molecule has 0 saturated heterocycles. The number of para-hydroxylation sites is 1. The Morgan fingerprint density at radius 1 is 1.05 bits per heavy atom. The number of ether oxygens (including phenoxy) is 1. The molecule has 22 heavy (non-hydrogen) atoms. The Morgan fingerprint density at radius 2 is 1.82 bits per heavy atom. The van der Waals surface area contributed by atoms with Crippen molar-refractivity contribution in [3.63, 3.8) is 0 Å². The monoisotopic (exact) mass is 295 g/mol. The summed E-state index contributed by atoms with van der Waals surface area (Å²) < 4.78 is 7.33. The maximum atomic E-state index is 5.77. The van der Waals surface area contributed by atoms with Crippen LogP contribution in [0.15, 0.2) is 54.6 Å². The van der Waals surface area contributed by atoms with E-state index in [-0.39, 0.29) is 0 Å². The number of tetrazole rings is 1.